The predicted octanol–water partition coefficient (Wildman–Crippen LogP) is 2.62. The standard InChI is InChI=1S/C15H18N2O3S2/c1-3-17-14-12(13(19)9-6-5-7-10(9)22-14)16-15(17)21-8-11(18)20-4-2/h3-8H2,1-2H3. The van der Waals surface area contributed by atoms with E-state index in [1.807, 2.05) is 11.5 Å². The molecular formula is C15H18N2O3S2. The van der Waals surface area contributed by atoms with Crippen LogP contribution < -0.4 is 5.43 Å². The molecule has 2 heterocycles. The van der Waals surface area contributed by atoms with Crippen molar-refractivity contribution in [2.45, 2.75) is 44.8 Å². The second kappa shape index (κ2) is 6.42. The molecule has 2 aromatic rings. The first-order chi connectivity index (χ1) is 10.7. The van der Waals surface area contributed by atoms with Gasteiger partial charge in [0.15, 0.2) is 5.16 Å². The van der Waals surface area contributed by atoms with Crippen LogP contribution in [-0.2, 0) is 28.9 Å². The van der Waals surface area contributed by atoms with Crippen LogP contribution in [0.1, 0.15) is 30.7 Å². The van der Waals surface area contributed by atoms with Crippen LogP contribution in [0, 0.1) is 0 Å². The number of hydrogen-bond acceptors (Lipinski definition) is 6. The Bertz CT molecular complexity index is 779. The zero-order valence-electron chi connectivity index (χ0n) is 12.7. The van der Waals surface area contributed by atoms with E-state index in [0.29, 0.717) is 12.1 Å². The zero-order chi connectivity index (χ0) is 15.7. The van der Waals surface area contributed by atoms with Gasteiger partial charge in [0.2, 0.25) is 5.43 Å². The van der Waals surface area contributed by atoms with Crippen molar-refractivity contribution in [1.82, 2.24) is 9.55 Å². The summed E-state index contributed by atoms with van der Waals surface area (Å²) in [6.45, 7) is 4.93. The fourth-order valence-electron chi connectivity index (χ4n) is 2.71. The Balaban J connectivity index is 2.00. The van der Waals surface area contributed by atoms with E-state index < -0.39 is 0 Å². The number of imidazole rings is 1. The number of carbonyl (C=O) groups is 1. The number of thioether (sulfide) groups is 1. The van der Waals surface area contributed by atoms with E-state index >= 15 is 0 Å². The van der Waals surface area contributed by atoms with Gasteiger partial charge in [-0.05, 0) is 33.1 Å². The molecule has 0 saturated heterocycles. The average molecular weight is 338 g/mol. The van der Waals surface area contributed by atoms with Crippen molar-refractivity contribution in [2.24, 2.45) is 0 Å². The quantitative estimate of drug-likeness (QED) is 0.619. The number of rotatable bonds is 5. The molecule has 0 atom stereocenters. The molecule has 0 N–H and O–H groups in total. The molecule has 1 aliphatic rings. The summed E-state index contributed by atoms with van der Waals surface area (Å²) in [6.07, 6.45) is 2.92. The SMILES string of the molecule is CCOC(=O)CSc1nc2c(=O)c3c(sc2n1CC)CCC3. The Kier molecular flexibility index (Phi) is 4.54. The molecule has 118 valence electrons. The van der Waals surface area contributed by atoms with Crippen molar-refractivity contribution in [1.29, 1.82) is 0 Å². The van der Waals surface area contributed by atoms with Gasteiger partial charge in [0.25, 0.3) is 0 Å². The lowest BCUT2D eigenvalue weighted by Crippen LogP contribution is -2.07. The first kappa shape index (κ1) is 15.6. The molecule has 0 radical (unpaired) electrons. The Hall–Kier alpha value is -1.34. The Morgan fingerprint density at radius 3 is 2.95 bits per heavy atom. The number of carbonyl (C=O) groups excluding carboxylic acids is 1. The highest BCUT2D eigenvalue weighted by Gasteiger charge is 2.22. The summed E-state index contributed by atoms with van der Waals surface area (Å²) in [6, 6.07) is 0. The summed E-state index contributed by atoms with van der Waals surface area (Å²) in [5.41, 5.74) is 1.57. The summed E-state index contributed by atoms with van der Waals surface area (Å²) in [4.78, 5) is 30.7. The van der Waals surface area contributed by atoms with Gasteiger partial charge in [-0.15, -0.1) is 11.3 Å². The maximum Gasteiger partial charge on any atom is 0.316 e. The molecule has 1 aliphatic carbocycles. The third kappa shape index (κ3) is 2.67. The third-order valence-corrected chi connectivity index (χ3v) is 5.96. The number of esters is 1. The number of ether oxygens (including phenoxy) is 1. The Morgan fingerprint density at radius 1 is 1.41 bits per heavy atom. The van der Waals surface area contributed by atoms with Crippen LogP contribution in [0.4, 0.5) is 0 Å². The molecule has 0 saturated carbocycles. The molecule has 5 nitrogen and oxygen atoms in total. The first-order valence-corrected chi connectivity index (χ1v) is 9.29. The predicted molar refractivity (Wildman–Crippen MR) is 88.9 cm³/mol. The second-order valence-corrected chi connectivity index (χ2v) is 7.10. The summed E-state index contributed by atoms with van der Waals surface area (Å²) < 4.78 is 6.98. The second-order valence-electron chi connectivity index (χ2n) is 5.07. The number of aryl methyl sites for hydroxylation is 2. The monoisotopic (exact) mass is 338 g/mol. The lowest BCUT2D eigenvalue weighted by molar-refractivity contribution is -0.139. The van der Waals surface area contributed by atoms with Crippen LogP contribution in [0.15, 0.2) is 9.95 Å². The van der Waals surface area contributed by atoms with Crippen molar-refractivity contribution < 1.29 is 9.53 Å². The van der Waals surface area contributed by atoms with E-state index in [9.17, 15) is 9.59 Å². The molecule has 0 aliphatic heterocycles. The maximum atomic E-state index is 12.6. The van der Waals surface area contributed by atoms with Gasteiger partial charge >= 0.3 is 5.97 Å². The van der Waals surface area contributed by atoms with Gasteiger partial charge in [-0.2, -0.15) is 0 Å². The van der Waals surface area contributed by atoms with Crippen LogP contribution in [0.3, 0.4) is 0 Å². The lowest BCUT2D eigenvalue weighted by atomic mass is 10.2. The molecule has 0 spiro atoms. The van der Waals surface area contributed by atoms with E-state index in [0.717, 1.165) is 41.4 Å². The fraction of sp³-hybridized carbons (Fsp3) is 0.533. The summed E-state index contributed by atoms with van der Waals surface area (Å²) in [5.74, 6) is -0.0360. The van der Waals surface area contributed by atoms with Gasteiger partial charge in [0.1, 0.15) is 10.3 Å². The third-order valence-electron chi connectivity index (χ3n) is 3.70. The topological polar surface area (TPSA) is 61.2 Å². The molecule has 0 bridgehead atoms. The zero-order valence-corrected chi connectivity index (χ0v) is 14.3. The van der Waals surface area contributed by atoms with Gasteiger partial charge < -0.3 is 9.30 Å². The average Bonchev–Trinajstić information content (AvgIpc) is 3.10. The molecule has 0 amide bonds. The van der Waals surface area contributed by atoms with Crippen molar-refractivity contribution >= 4 is 39.4 Å². The van der Waals surface area contributed by atoms with Gasteiger partial charge in [0, 0.05) is 17.0 Å². The molecule has 22 heavy (non-hydrogen) atoms. The number of nitrogens with zero attached hydrogens (tertiary/aromatic N) is 2. The molecule has 7 heteroatoms. The number of hydrogen-bond donors (Lipinski definition) is 0. The van der Waals surface area contributed by atoms with E-state index in [4.69, 9.17) is 4.74 Å². The lowest BCUT2D eigenvalue weighted by Gasteiger charge is -2.05. The summed E-state index contributed by atoms with van der Waals surface area (Å²) in [5, 5.41) is 0.725. The normalized spacial score (nSPS) is 13.5. The molecule has 0 fully saturated rings. The maximum absolute atomic E-state index is 12.6. The van der Waals surface area contributed by atoms with Crippen molar-refractivity contribution in [3.8, 4) is 0 Å². The Labute approximate surface area is 136 Å². The minimum absolute atomic E-state index is 0.0754. The van der Waals surface area contributed by atoms with Crippen molar-refractivity contribution in [3.05, 3.63) is 20.7 Å². The minimum Gasteiger partial charge on any atom is -0.465 e. The van der Waals surface area contributed by atoms with Gasteiger partial charge in [-0.3, -0.25) is 9.59 Å². The highest BCUT2D eigenvalue weighted by molar-refractivity contribution is 7.99. The smallest absolute Gasteiger partial charge is 0.316 e. The molecule has 3 rings (SSSR count). The van der Waals surface area contributed by atoms with Crippen molar-refractivity contribution in [2.75, 3.05) is 12.4 Å². The van der Waals surface area contributed by atoms with Gasteiger partial charge in [-0.25, -0.2) is 4.98 Å². The highest BCUT2D eigenvalue weighted by Crippen LogP contribution is 2.31. The first-order valence-electron chi connectivity index (χ1n) is 7.49. The fourth-order valence-corrected chi connectivity index (χ4v) is 4.99. The van der Waals surface area contributed by atoms with Crippen LogP contribution in [0.2, 0.25) is 0 Å². The highest BCUT2D eigenvalue weighted by atomic mass is 32.2. The van der Waals surface area contributed by atoms with E-state index in [-0.39, 0.29) is 17.2 Å². The summed E-state index contributed by atoms with van der Waals surface area (Å²) >= 11 is 3.01. The van der Waals surface area contributed by atoms with Crippen molar-refractivity contribution in [3.63, 3.8) is 0 Å². The number of aromatic nitrogens is 2. The summed E-state index contributed by atoms with van der Waals surface area (Å²) in [7, 11) is 0. The van der Waals surface area contributed by atoms with E-state index in [2.05, 4.69) is 4.98 Å². The number of fused-ring (bicyclic) bond motifs is 2. The molecule has 2 aromatic heterocycles. The van der Waals surface area contributed by atoms with E-state index in [1.54, 1.807) is 18.3 Å². The Morgan fingerprint density at radius 2 is 2.23 bits per heavy atom. The molecular weight excluding hydrogens is 320 g/mol. The minimum atomic E-state index is -0.254. The van der Waals surface area contributed by atoms with Gasteiger partial charge in [-0.1, -0.05) is 11.8 Å². The van der Waals surface area contributed by atoms with Crippen LogP contribution >= 0.6 is 23.1 Å². The largest absolute Gasteiger partial charge is 0.465 e. The molecule has 0 unspecified atom stereocenters. The van der Waals surface area contributed by atoms with Gasteiger partial charge in [0.05, 0.1) is 12.4 Å². The van der Waals surface area contributed by atoms with Crippen LogP contribution in [-0.4, -0.2) is 27.9 Å². The van der Waals surface area contributed by atoms with E-state index in [1.165, 1.54) is 16.6 Å². The van der Waals surface area contributed by atoms with Crippen LogP contribution in [0.25, 0.3) is 10.3 Å². The van der Waals surface area contributed by atoms with Crippen LogP contribution in [0.5, 0.6) is 0 Å². The molecule has 0 aromatic carbocycles.